The largest absolute Gasteiger partial charge is 0.388 e. The molecular formula is C25H34N4O7S. The van der Waals surface area contributed by atoms with Crippen molar-refractivity contribution in [1.82, 2.24) is 20.9 Å². The highest BCUT2D eigenvalue weighted by molar-refractivity contribution is 7.13. The number of amides is 3. The van der Waals surface area contributed by atoms with Gasteiger partial charge in [-0.25, -0.2) is 4.98 Å². The number of aromatic nitrogens is 1. The lowest BCUT2D eigenvalue weighted by Crippen LogP contribution is -2.59. The van der Waals surface area contributed by atoms with Gasteiger partial charge in [-0.3, -0.25) is 14.4 Å². The second kappa shape index (κ2) is 13.1. The van der Waals surface area contributed by atoms with E-state index in [9.17, 15) is 19.5 Å². The maximum atomic E-state index is 13.3. The fraction of sp³-hybridized carbons (Fsp3) is 0.520. The minimum atomic E-state index is -1.09. The van der Waals surface area contributed by atoms with Gasteiger partial charge in [0.2, 0.25) is 11.8 Å². The van der Waals surface area contributed by atoms with Gasteiger partial charge in [-0.2, -0.15) is 0 Å². The first-order valence-electron chi connectivity index (χ1n) is 11.8. The fourth-order valence-electron chi connectivity index (χ4n) is 3.77. The number of rotatable bonds is 14. The minimum absolute atomic E-state index is 0.109. The van der Waals surface area contributed by atoms with E-state index in [0.29, 0.717) is 22.9 Å². The number of hydrogen-bond donors (Lipinski definition) is 4. The molecule has 1 saturated heterocycles. The molecule has 3 amide bonds. The van der Waals surface area contributed by atoms with E-state index >= 15 is 0 Å². The van der Waals surface area contributed by atoms with Crippen LogP contribution in [0.2, 0.25) is 0 Å². The molecule has 3 rings (SSSR count). The quantitative estimate of drug-likeness (QED) is 0.251. The average molecular weight is 535 g/mol. The van der Waals surface area contributed by atoms with E-state index in [1.807, 2.05) is 30.3 Å². The van der Waals surface area contributed by atoms with Crippen molar-refractivity contribution >= 4 is 29.1 Å². The third kappa shape index (κ3) is 8.04. The summed E-state index contributed by atoms with van der Waals surface area (Å²) in [6.45, 7) is 3.69. The van der Waals surface area contributed by atoms with Gasteiger partial charge in [0.15, 0.2) is 0 Å². The first-order valence-corrected chi connectivity index (χ1v) is 12.7. The molecule has 1 aromatic carbocycles. The SMILES string of the molecule is COCC(NC(=O)[C@H](COC)NC(=O)c1cnc(C)s1)C(=O)N[C@@H](Cc1ccccc1)C(O)C1(C)CO1. The molecule has 12 heteroatoms. The van der Waals surface area contributed by atoms with Crippen LogP contribution in [-0.4, -0.2) is 91.7 Å². The highest BCUT2D eigenvalue weighted by Gasteiger charge is 2.50. The molecule has 1 aromatic heterocycles. The van der Waals surface area contributed by atoms with Crippen LogP contribution in [0.5, 0.6) is 0 Å². The van der Waals surface area contributed by atoms with Crippen LogP contribution in [0.3, 0.4) is 0 Å². The Kier molecular flexibility index (Phi) is 10.1. The summed E-state index contributed by atoms with van der Waals surface area (Å²) in [4.78, 5) is 43.3. The van der Waals surface area contributed by atoms with Crippen molar-refractivity contribution in [3.63, 3.8) is 0 Å². The first kappa shape index (κ1) is 28.7. The van der Waals surface area contributed by atoms with Crippen LogP contribution in [0.25, 0.3) is 0 Å². The predicted octanol–water partition coefficient (Wildman–Crippen LogP) is 0.205. The van der Waals surface area contributed by atoms with Crippen LogP contribution in [0.1, 0.15) is 27.2 Å². The van der Waals surface area contributed by atoms with Crippen LogP contribution >= 0.6 is 11.3 Å². The molecule has 3 unspecified atom stereocenters. The Labute approximate surface area is 219 Å². The van der Waals surface area contributed by atoms with Crippen molar-refractivity contribution in [2.75, 3.05) is 34.0 Å². The van der Waals surface area contributed by atoms with Gasteiger partial charge in [0.25, 0.3) is 5.91 Å². The summed E-state index contributed by atoms with van der Waals surface area (Å²) in [5, 5.41) is 19.8. The van der Waals surface area contributed by atoms with Gasteiger partial charge in [-0.05, 0) is 25.8 Å². The third-order valence-electron chi connectivity index (χ3n) is 6.00. The van der Waals surface area contributed by atoms with Gasteiger partial charge >= 0.3 is 0 Å². The predicted molar refractivity (Wildman–Crippen MR) is 136 cm³/mol. The van der Waals surface area contributed by atoms with Crippen LogP contribution in [-0.2, 0) is 30.2 Å². The van der Waals surface area contributed by atoms with Crippen LogP contribution < -0.4 is 16.0 Å². The van der Waals surface area contributed by atoms with Crippen molar-refractivity contribution < 1.29 is 33.7 Å². The molecule has 0 aliphatic carbocycles. The molecule has 37 heavy (non-hydrogen) atoms. The summed E-state index contributed by atoms with van der Waals surface area (Å²) in [6.07, 6.45) is 0.816. The number of aliphatic hydroxyl groups excluding tert-OH is 1. The number of methoxy groups -OCH3 is 2. The average Bonchev–Trinajstić information content (AvgIpc) is 3.48. The Hall–Kier alpha value is -2.90. The molecule has 202 valence electrons. The molecule has 2 heterocycles. The molecule has 0 radical (unpaired) electrons. The molecule has 4 N–H and O–H groups in total. The first-order chi connectivity index (χ1) is 17.7. The number of thiazole rings is 1. The number of carbonyl (C=O) groups is 3. The van der Waals surface area contributed by atoms with Gasteiger partial charge < -0.3 is 35.3 Å². The summed E-state index contributed by atoms with van der Waals surface area (Å²) >= 11 is 1.20. The van der Waals surface area contributed by atoms with Crippen molar-refractivity contribution in [3.05, 3.63) is 52.0 Å². The number of epoxide rings is 1. The lowest BCUT2D eigenvalue weighted by atomic mass is 9.93. The summed E-state index contributed by atoms with van der Waals surface area (Å²) in [5.41, 5.74) is 0.167. The van der Waals surface area contributed by atoms with Gasteiger partial charge in [0.1, 0.15) is 28.7 Å². The molecule has 1 fully saturated rings. The van der Waals surface area contributed by atoms with Crippen LogP contribution in [0, 0.1) is 6.92 Å². The van der Waals surface area contributed by atoms with Crippen molar-refractivity contribution in [3.8, 4) is 0 Å². The number of carbonyl (C=O) groups excluding carboxylic acids is 3. The molecule has 11 nitrogen and oxygen atoms in total. The number of hydrogen-bond acceptors (Lipinski definition) is 9. The summed E-state index contributed by atoms with van der Waals surface area (Å²) < 4.78 is 15.7. The van der Waals surface area contributed by atoms with Crippen LogP contribution in [0.15, 0.2) is 36.5 Å². The summed E-state index contributed by atoms with van der Waals surface area (Å²) in [7, 11) is 2.81. The topological polar surface area (TPSA) is 151 Å². The van der Waals surface area contributed by atoms with E-state index in [1.54, 1.807) is 13.8 Å². The molecule has 0 saturated carbocycles. The van der Waals surface area contributed by atoms with Gasteiger partial charge in [-0.15, -0.1) is 11.3 Å². The zero-order valence-electron chi connectivity index (χ0n) is 21.4. The Balaban J connectivity index is 1.69. The monoisotopic (exact) mass is 534 g/mol. The lowest BCUT2D eigenvalue weighted by molar-refractivity contribution is -0.132. The number of benzene rings is 1. The highest BCUT2D eigenvalue weighted by Crippen LogP contribution is 2.32. The van der Waals surface area contributed by atoms with E-state index in [2.05, 4.69) is 20.9 Å². The zero-order valence-corrected chi connectivity index (χ0v) is 22.2. The van der Waals surface area contributed by atoms with Gasteiger partial charge in [0.05, 0.1) is 37.1 Å². The minimum Gasteiger partial charge on any atom is -0.388 e. The second-order valence-electron chi connectivity index (χ2n) is 9.09. The zero-order chi connectivity index (χ0) is 27.0. The normalized spacial score (nSPS) is 19.8. The molecular weight excluding hydrogens is 500 g/mol. The smallest absolute Gasteiger partial charge is 0.263 e. The number of aryl methyl sites for hydroxylation is 1. The van der Waals surface area contributed by atoms with E-state index < -0.39 is 47.6 Å². The van der Waals surface area contributed by atoms with E-state index in [-0.39, 0.29) is 13.2 Å². The number of ether oxygens (including phenoxy) is 3. The number of nitrogens with zero attached hydrogens (tertiary/aromatic N) is 1. The maximum Gasteiger partial charge on any atom is 0.263 e. The van der Waals surface area contributed by atoms with E-state index in [1.165, 1.54) is 31.8 Å². The fourth-order valence-corrected chi connectivity index (χ4v) is 4.45. The Bertz CT molecular complexity index is 1060. The molecule has 0 spiro atoms. The Morgan fingerprint density at radius 2 is 1.68 bits per heavy atom. The lowest BCUT2D eigenvalue weighted by Gasteiger charge is -2.29. The third-order valence-corrected chi connectivity index (χ3v) is 6.91. The number of nitrogens with one attached hydrogen (secondary N) is 3. The Morgan fingerprint density at radius 3 is 2.22 bits per heavy atom. The summed E-state index contributed by atoms with van der Waals surface area (Å²) in [6, 6.07) is 6.62. The Morgan fingerprint density at radius 1 is 1.08 bits per heavy atom. The molecule has 0 bridgehead atoms. The van der Waals surface area contributed by atoms with Gasteiger partial charge in [0, 0.05) is 14.2 Å². The van der Waals surface area contributed by atoms with Crippen molar-refractivity contribution in [2.24, 2.45) is 0 Å². The second-order valence-corrected chi connectivity index (χ2v) is 10.3. The van der Waals surface area contributed by atoms with Crippen LogP contribution in [0.4, 0.5) is 0 Å². The summed E-state index contributed by atoms with van der Waals surface area (Å²) in [5.74, 6) is -1.63. The standard InChI is InChI=1S/C25H34N4O7S/c1-15-26-11-20(37-15)24(33)29-19(13-35-4)23(32)28-18(12-34-3)22(31)27-17(21(30)25(2)14-36-25)10-16-8-6-5-7-9-16/h5-9,11,17-19,21,30H,10,12-14H2,1-4H3,(H,27,31)(H,28,32)(H,29,33)/t17-,18?,19-,21?,25?/m0/s1. The molecule has 5 atom stereocenters. The molecule has 2 aromatic rings. The molecule has 1 aliphatic heterocycles. The molecule has 1 aliphatic rings. The van der Waals surface area contributed by atoms with E-state index in [4.69, 9.17) is 14.2 Å². The van der Waals surface area contributed by atoms with Crippen molar-refractivity contribution in [1.29, 1.82) is 0 Å². The van der Waals surface area contributed by atoms with Crippen molar-refractivity contribution in [2.45, 2.75) is 50.1 Å². The van der Waals surface area contributed by atoms with E-state index in [0.717, 1.165) is 5.56 Å². The van der Waals surface area contributed by atoms with Gasteiger partial charge in [-0.1, -0.05) is 30.3 Å². The number of aliphatic hydroxyl groups is 1. The highest BCUT2D eigenvalue weighted by atomic mass is 32.1. The maximum absolute atomic E-state index is 13.3.